The third-order valence-corrected chi connectivity index (χ3v) is 2.96. The van der Waals surface area contributed by atoms with Crippen LogP contribution in [-0.2, 0) is 0 Å². The van der Waals surface area contributed by atoms with E-state index in [9.17, 15) is 4.79 Å². The lowest BCUT2D eigenvalue weighted by atomic mass is 10.1. The summed E-state index contributed by atoms with van der Waals surface area (Å²) in [6.45, 7) is 0.249. The second-order valence-electron chi connectivity index (χ2n) is 4.23. The van der Waals surface area contributed by atoms with Crippen LogP contribution in [0.15, 0.2) is 48.5 Å². The number of methoxy groups -OCH3 is 2. The van der Waals surface area contributed by atoms with Crippen LogP contribution in [0.3, 0.4) is 0 Å². The van der Waals surface area contributed by atoms with Crippen LogP contribution < -0.4 is 14.8 Å². The summed E-state index contributed by atoms with van der Waals surface area (Å²) >= 11 is 0. The molecule has 1 N–H and O–H groups in total. The molecule has 0 aromatic heterocycles. The molecule has 0 amide bonds. The topological polar surface area (TPSA) is 47.6 Å². The first kappa shape index (κ1) is 13.9. The van der Waals surface area contributed by atoms with E-state index in [1.807, 2.05) is 24.3 Å². The monoisotopic (exact) mass is 271 g/mol. The average Bonchev–Trinajstić information content (AvgIpc) is 2.53. The zero-order chi connectivity index (χ0) is 14.4. The third kappa shape index (κ3) is 3.51. The van der Waals surface area contributed by atoms with E-state index in [0.29, 0.717) is 5.56 Å². The lowest BCUT2D eigenvalue weighted by molar-refractivity contribution is 0.101. The molecule has 0 fully saturated rings. The molecule has 0 spiro atoms. The van der Waals surface area contributed by atoms with Gasteiger partial charge in [-0.3, -0.25) is 4.79 Å². The largest absolute Gasteiger partial charge is 0.497 e. The summed E-state index contributed by atoms with van der Waals surface area (Å²) in [6.07, 6.45) is 0. The van der Waals surface area contributed by atoms with E-state index < -0.39 is 0 Å². The van der Waals surface area contributed by atoms with Gasteiger partial charge in [-0.25, -0.2) is 0 Å². The van der Waals surface area contributed by atoms with E-state index in [1.54, 1.807) is 38.5 Å². The number of ether oxygens (including phenoxy) is 2. The molecule has 0 radical (unpaired) electrons. The second kappa shape index (κ2) is 6.61. The maximum atomic E-state index is 12.0. The zero-order valence-corrected chi connectivity index (χ0v) is 11.6. The zero-order valence-electron chi connectivity index (χ0n) is 11.6. The van der Waals surface area contributed by atoms with Crippen LogP contribution in [0, 0.1) is 0 Å². The molecule has 2 aromatic rings. The number of hydrogen-bond donors (Lipinski definition) is 1. The predicted molar refractivity (Wildman–Crippen MR) is 78.8 cm³/mol. The SMILES string of the molecule is COc1ccc(NCC(=O)c2ccc(OC)cc2)cc1. The fraction of sp³-hybridized carbons (Fsp3) is 0.188. The molecular weight excluding hydrogens is 254 g/mol. The molecule has 0 saturated heterocycles. The minimum Gasteiger partial charge on any atom is -0.497 e. The average molecular weight is 271 g/mol. The van der Waals surface area contributed by atoms with Crippen molar-refractivity contribution >= 4 is 11.5 Å². The summed E-state index contributed by atoms with van der Waals surface area (Å²) < 4.78 is 10.1. The normalized spacial score (nSPS) is 9.90. The van der Waals surface area contributed by atoms with Crippen LogP contribution in [0.4, 0.5) is 5.69 Å². The Morgan fingerprint density at radius 1 is 0.900 bits per heavy atom. The summed E-state index contributed by atoms with van der Waals surface area (Å²) in [6, 6.07) is 14.5. The molecule has 4 nitrogen and oxygen atoms in total. The van der Waals surface area contributed by atoms with E-state index in [1.165, 1.54) is 0 Å². The number of carbonyl (C=O) groups is 1. The number of Topliss-reactive ketones (excluding diaryl/α,β-unsaturated/α-hetero) is 1. The molecule has 0 saturated carbocycles. The van der Waals surface area contributed by atoms with Crippen molar-refractivity contribution in [2.45, 2.75) is 0 Å². The Kier molecular flexibility index (Phi) is 4.60. The number of ketones is 1. The van der Waals surface area contributed by atoms with E-state index >= 15 is 0 Å². The molecule has 0 atom stereocenters. The summed E-state index contributed by atoms with van der Waals surface area (Å²) in [5, 5.41) is 3.09. The third-order valence-electron chi connectivity index (χ3n) is 2.96. The van der Waals surface area contributed by atoms with Crippen LogP contribution in [0.2, 0.25) is 0 Å². The minimum atomic E-state index is 0.0310. The van der Waals surface area contributed by atoms with Gasteiger partial charge in [-0.15, -0.1) is 0 Å². The van der Waals surface area contributed by atoms with Crippen molar-refractivity contribution in [2.24, 2.45) is 0 Å². The first-order valence-corrected chi connectivity index (χ1v) is 6.28. The highest BCUT2D eigenvalue weighted by Crippen LogP contribution is 2.15. The van der Waals surface area contributed by atoms with Gasteiger partial charge in [-0.2, -0.15) is 0 Å². The van der Waals surface area contributed by atoms with Crippen LogP contribution in [0.25, 0.3) is 0 Å². The molecule has 0 aliphatic carbocycles. The molecule has 104 valence electrons. The number of hydrogen-bond acceptors (Lipinski definition) is 4. The van der Waals surface area contributed by atoms with Crippen LogP contribution in [-0.4, -0.2) is 26.5 Å². The van der Waals surface area contributed by atoms with Crippen molar-refractivity contribution in [3.8, 4) is 11.5 Å². The first-order valence-electron chi connectivity index (χ1n) is 6.28. The van der Waals surface area contributed by atoms with Gasteiger partial charge in [0.25, 0.3) is 0 Å². The highest BCUT2D eigenvalue weighted by Gasteiger charge is 2.05. The van der Waals surface area contributed by atoms with Gasteiger partial charge in [0, 0.05) is 11.3 Å². The first-order chi connectivity index (χ1) is 9.72. The minimum absolute atomic E-state index is 0.0310. The number of anilines is 1. The molecule has 2 rings (SSSR count). The van der Waals surface area contributed by atoms with Gasteiger partial charge in [0.2, 0.25) is 0 Å². The predicted octanol–water partition coefficient (Wildman–Crippen LogP) is 3.00. The second-order valence-corrected chi connectivity index (χ2v) is 4.23. The molecule has 0 aliphatic heterocycles. The van der Waals surface area contributed by atoms with E-state index in [0.717, 1.165) is 17.2 Å². The lowest BCUT2D eigenvalue weighted by Crippen LogP contribution is -2.13. The van der Waals surface area contributed by atoms with Crippen LogP contribution >= 0.6 is 0 Å². The lowest BCUT2D eigenvalue weighted by Gasteiger charge is -2.07. The van der Waals surface area contributed by atoms with Gasteiger partial charge in [-0.05, 0) is 48.5 Å². The number of benzene rings is 2. The quantitative estimate of drug-likeness (QED) is 0.820. The number of carbonyl (C=O) groups excluding carboxylic acids is 1. The Balaban J connectivity index is 1.93. The van der Waals surface area contributed by atoms with E-state index in [2.05, 4.69) is 5.32 Å². The molecule has 0 bridgehead atoms. The Bertz CT molecular complexity index is 561. The Labute approximate surface area is 118 Å². The summed E-state index contributed by atoms with van der Waals surface area (Å²) in [5.41, 5.74) is 1.54. The highest BCUT2D eigenvalue weighted by molar-refractivity contribution is 5.99. The van der Waals surface area contributed by atoms with Crippen molar-refractivity contribution in [1.29, 1.82) is 0 Å². The van der Waals surface area contributed by atoms with Gasteiger partial charge in [0.1, 0.15) is 11.5 Å². The van der Waals surface area contributed by atoms with Gasteiger partial charge < -0.3 is 14.8 Å². The molecule has 0 heterocycles. The Morgan fingerprint density at radius 2 is 1.40 bits per heavy atom. The van der Waals surface area contributed by atoms with Crippen LogP contribution in [0.1, 0.15) is 10.4 Å². The summed E-state index contributed by atoms with van der Waals surface area (Å²) in [7, 11) is 3.22. The fourth-order valence-electron chi connectivity index (χ4n) is 1.77. The van der Waals surface area contributed by atoms with Gasteiger partial charge >= 0.3 is 0 Å². The van der Waals surface area contributed by atoms with Gasteiger partial charge in [0.15, 0.2) is 5.78 Å². The van der Waals surface area contributed by atoms with Crippen molar-refractivity contribution in [3.05, 3.63) is 54.1 Å². The molecule has 0 aliphatic rings. The van der Waals surface area contributed by atoms with Gasteiger partial charge in [0.05, 0.1) is 20.8 Å². The molecule has 4 heteroatoms. The highest BCUT2D eigenvalue weighted by atomic mass is 16.5. The fourth-order valence-corrected chi connectivity index (χ4v) is 1.77. The van der Waals surface area contributed by atoms with E-state index in [-0.39, 0.29) is 12.3 Å². The Hall–Kier alpha value is -2.49. The van der Waals surface area contributed by atoms with Crippen molar-refractivity contribution in [3.63, 3.8) is 0 Å². The molecule has 20 heavy (non-hydrogen) atoms. The summed E-state index contributed by atoms with van der Waals surface area (Å²) in [5.74, 6) is 1.56. The smallest absolute Gasteiger partial charge is 0.181 e. The van der Waals surface area contributed by atoms with Gasteiger partial charge in [-0.1, -0.05) is 0 Å². The number of rotatable bonds is 6. The molecule has 0 unspecified atom stereocenters. The van der Waals surface area contributed by atoms with Crippen molar-refractivity contribution < 1.29 is 14.3 Å². The van der Waals surface area contributed by atoms with Crippen molar-refractivity contribution in [2.75, 3.05) is 26.1 Å². The Morgan fingerprint density at radius 3 is 1.90 bits per heavy atom. The maximum absolute atomic E-state index is 12.0. The summed E-state index contributed by atoms with van der Waals surface area (Å²) in [4.78, 5) is 12.0. The van der Waals surface area contributed by atoms with E-state index in [4.69, 9.17) is 9.47 Å². The molecular formula is C16H17NO3. The van der Waals surface area contributed by atoms with Crippen molar-refractivity contribution in [1.82, 2.24) is 0 Å². The van der Waals surface area contributed by atoms with Crippen LogP contribution in [0.5, 0.6) is 11.5 Å². The standard InChI is InChI=1S/C16H17NO3/c1-19-14-7-3-12(4-8-14)16(18)11-17-13-5-9-15(20-2)10-6-13/h3-10,17H,11H2,1-2H3. The molecule has 2 aromatic carbocycles. The number of nitrogens with one attached hydrogen (secondary N) is 1. The maximum Gasteiger partial charge on any atom is 0.181 e.